The van der Waals surface area contributed by atoms with Gasteiger partial charge in [0, 0.05) is 12.6 Å². The van der Waals surface area contributed by atoms with E-state index in [9.17, 15) is 0 Å². The summed E-state index contributed by atoms with van der Waals surface area (Å²) in [6.45, 7) is 0.558. The molecule has 0 saturated carbocycles. The molecule has 1 heterocycles. The molecule has 1 unspecified atom stereocenters. The molecule has 2 aromatic rings. The fourth-order valence-corrected chi connectivity index (χ4v) is 1.89. The van der Waals surface area contributed by atoms with Crippen LogP contribution in [-0.2, 0) is 6.42 Å². The van der Waals surface area contributed by atoms with Crippen LogP contribution in [0.25, 0.3) is 0 Å². The van der Waals surface area contributed by atoms with Crippen molar-refractivity contribution in [3.8, 4) is 5.75 Å². The topological polar surface area (TPSA) is 60.2 Å². The maximum Gasteiger partial charge on any atom is 0.137 e. The van der Waals surface area contributed by atoms with Gasteiger partial charge < -0.3 is 15.8 Å². The summed E-state index contributed by atoms with van der Waals surface area (Å²) < 4.78 is 5.08. The number of pyridine rings is 1. The van der Waals surface area contributed by atoms with Crippen molar-refractivity contribution in [3.05, 3.63) is 54.2 Å². The highest BCUT2D eigenvalue weighted by molar-refractivity contribution is 5.39. The van der Waals surface area contributed by atoms with Crippen LogP contribution in [0, 0.1) is 0 Å². The Hall–Kier alpha value is -2.07. The second-order valence-electron chi connectivity index (χ2n) is 4.35. The molecule has 0 aliphatic heterocycles. The van der Waals surface area contributed by atoms with Gasteiger partial charge in [-0.05, 0) is 24.1 Å². The fourth-order valence-electron chi connectivity index (χ4n) is 1.89. The van der Waals surface area contributed by atoms with Gasteiger partial charge in [-0.25, -0.2) is 4.98 Å². The zero-order chi connectivity index (χ0) is 13.5. The number of ether oxygens (including phenoxy) is 1. The number of methoxy groups -OCH3 is 1. The third-order valence-electron chi connectivity index (χ3n) is 2.93. The quantitative estimate of drug-likeness (QED) is 0.831. The zero-order valence-corrected chi connectivity index (χ0v) is 11.0. The second-order valence-corrected chi connectivity index (χ2v) is 4.35. The van der Waals surface area contributed by atoms with Crippen molar-refractivity contribution in [1.82, 2.24) is 4.98 Å². The van der Waals surface area contributed by atoms with Gasteiger partial charge in [-0.1, -0.05) is 30.3 Å². The van der Waals surface area contributed by atoms with Gasteiger partial charge in [-0.2, -0.15) is 0 Å². The molecule has 0 saturated heterocycles. The van der Waals surface area contributed by atoms with E-state index >= 15 is 0 Å². The van der Waals surface area contributed by atoms with E-state index in [1.165, 1.54) is 5.56 Å². The first-order chi connectivity index (χ1) is 9.31. The number of benzene rings is 1. The molecule has 1 aromatic carbocycles. The van der Waals surface area contributed by atoms with E-state index in [4.69, 9.17) is 10.5 Å². The average molecular weight is 257 g/mol. The maximum atomic E-state index is 5.81. The molecular weight excluding hydrogens is 238 g/mol. The molecule has 0 aliphatic carbocycles. The van der Waals surface area contributed by atoms with Crippen LogP contribution in [0.5, 0.6) is 5.75 Å². The minimum absolute atomic E-state index is 0.170. The third-order valence-corrected chi connectivity index (χ3v) is 2.93. The van der Waals surface area contributed by atoms with Crippen LogP contribution in [0.2, 0.25) is 0 Å². The van der Waals surface area contributed by atoms with Crippen LogP contribution in [0.4, 0.5) is 5.82 Å². The molecule has 4 heteroatoms. The van der Waals surface area contributed by atoms with Gasteiger partial charge in [0.1, 0.15) is 11.6 Å². The number of anilines is 1. The van der Waals surface area contributed by atoms with Crippen molar-refractivity contribution in [2.75, 3.05) is 19.0 Å². The molecule has 0 spiro atoms. The number of nitrogens with one attached hydrogen (secondary N) is 1. The standard InChI is InChI=1S/C15H19N3O/c1-19-14-7-8-15(17-11-14)18-13(10-16)9-12-5-3-2-4-6-12/h2-8,11,13H,9-10,16H2,1H3,(H,17,18). The molecule has 0 fully saturated rings. The summed E-state index contributed by atoms with van der Waals surface area (Å²) in [5.74, 6) is 1.56. The first-order valence-corrected chi connectivity index (χ1v) is 6.32. The van der Waals surface area contributed by atoms with Gasteiger partial charge in [-0.3, -0.25) is 0 Å². The molecule has 0 bridgehead atoms. The minimum Gasteiger partial charge on any atom is -0.495 e. The number of hydrogen-bond acceptors (Lipinski definition) is 4. The predicted molar refractivity (Wildman–Crippen MR) is 77.4 cm³/mol. The summed E-state index contributed by atoms with van der Waals surface area (Å²) in [6.07, 6.45) is 2.57. The lowest BCUT2D eigenvalue weighted by Crippen LogP contribution is -2.31. The van der Waals surface area contributed by atoms with E-state index in [0.717, 1.165) is 18.0 Å². The number of hydrogen-bond donors (Lipinski definition) is 2. The molecule has 4 nitrogen and oxygen atoms in total. The molecule has 1 atom stereocenters. The van der Waals surface area contributed by atoms with Crippen LogP contribution in [0.15, 0.2) is 48.7 Å². The molecule has 0 radical (unpaired) electrons. The summed E-state index contributed by atoms with van der Waals surface area (Å²) >= 11 is 0. The number of aromatic nitrogens is 1. The largest absolute Gasteiger partial charge is 0.495 e. The Labute approximate surface area is 113 Å². The van der Waals surface area contributed by atoms with Gasteiger partial charge in [-0.15, -0.1) is 0 Å². The Morgan fingerprint density at radius 1 is 1.21 bits per heavy atom. The lowest BCUT2D eigenvalue weighted by Gasteiger charge is -2.17. The van der Waals surface area contributed by atoms with Gasteiger partial charge in [0.25, 0.3) is 0 Å². The summed E-state index contributed by atoms with van der Waals surface area (Å²) in [5.41, 5.74) is 7.07. The highest BCUT2D eigenvalue weighted by Gasteiger charge is 2.08. The SMILES string of the molecule is COc1ccc(NC(CN)Cc2ccccc2)nc1. The highest BCUT2D eigenvalue weighted by Crippen LogP contribution is 2.13. The van der Waals surface area contributed by atoms with E-state index in [-0.39, 0.29) is 6.04 Å². The highest BCUT2D eigenvalue weighted by atomic mass is 16.5. The molecule has 100 valence electrons. The first kappa shape index (κ1) is 13.4. The number of nitrogens with two attached hydrogens (primary N) is 1. The molecule has 19 heavy (non-hydrogen) atoms. The van der Waals surface area contributed by atoms with Gasteiger partial charge in [0.2, 0.25) is 0 Å². The van der Waals surface area contributed by atoms with Crippen molar-refractivity contribution in [2.45, 2.75) is 12.5 Å². The Bertz CT molecular complexity index is 485. The summed E-state index contributed by atoms with van der Waals surface area (Å²) in [7, 11) is 1.63. The minimum atomic E-state index is 0.170. The third kappa shape index (κ3) is 3.96. The van der Waals surface area contributed by atoms with E-state index in [2.05, 4.69) is 22.4 Å². The second kappa shape index (κ2) is 6.75. The Kier molecular flexibility index (Phi) is 4.75. The Morgan fingerprint density at radius 3 is 2.58 bits per heavy atom. The molecule has 2 rings (SSSR count). The fraction of sp³-hybridized carbons (Fsp3) is 0.267. The van der Waals surface area contributed by atoms with Crippen LogP contribution < -0.4 is 15.8 Å². The first-order valence-electron chi connectivity index (χ1n) is 6.32. The normalized spacial score (nSPS) is 11.9. The summed E-state index contributed by atoms with van der Waals surface area (Å²) in [6, 6.07) is 14.2. The van der Waals surface area contributed by atoms with Crippen LogP contribution >= 0.6 is 0 Å². The van der Waals surface area contributed by atoms with E-state index < -0.39 is 0 Å². The van der Waals surface area contributed by atoms with E-state index in [1.807, 2.05) is 30.3 Å². The summed E-state index contributed by atoms with van der Waals surface area (Å²) in [5, 5.41) is 3.34. The molecule has 3 N–H and O–H groups in total. The molecule has 0 amide bonds. The van der Waals surface area contributed by atoms with Crippen molar-refractivity contribution in [1.29, 1.82) is 0 Å². The van der Waals surface area contributed by atoms with Crippen LogP contribution in [0.3, 0.4) is 0 Å². The van der Waals surface area contributed by atoms with Gasteiger partial charge >= 0.3 is 0 Å². The predicted octanol–water partition coefficient (Wildman–Crippen LogP) is 2.07. The molecule has 0 aliphatic rings. The van der Waals surface area contributed by atoms with Crippen LogP contribution in [-0.4, -0.2) is 24.7 Å². The average Bonchev–Trinajstić information content (AvgIpc) is 2.48. The van der Waals surface area contributed by atoms with Gasteiger partial charge in [0.15, 0.2) is 0 Å². The maximum absolute atomic E-state index is 5.81. The van der Waals surface area contributed by atoms with Crippen molar-refractivity contribution < 1.29 is 4.74 Å². The van der Waals surface area contributed by atoms with Crippen molar-refractivity contribution in [3.63, 3.8) is 0 Å². The summed E-state index contributed by atoms with van der Waals surface area (Å²) in [4.78, 5) is 4.29. The Balaban J connectivity index is 1.98. The number of rotatable bonds is 6. The van der Waals surface area contributed by atoms with E-state index in [0.29, 0.717) is 6.54 Å². The van der Waals surface area contributed by atoms with Gasteiger partial charge in [0.05, 0.1) is 13.3 Å². The zero-order valence-electron chi connectivity index (χ0n) is 11.0. The Morgan fingerprint density at radius 2 is 2.00 bits per heavy atom. The van der Waals surface area contributed by atoms with Crippen LogP contribution in [0.1, 0.15) is 5.56 Å². The molecule has 1 aromatic heterocycles. The number of nitrogens with zero attached hydrogens (tertiary/aromatic N) is 1. The monoisotopic (exact) mass is 257 g/mol. The lowest BCUT2D eigenvalue weighted by molar-refractivity contribution is 0.413. The van der Waals surface area contributed by atoms with E-state index in [1.54, 1.807) is 13.3 Å². The van der Waals surface area contributed by atoms with Crippen molar-refractivity contribution in [2.24, 2.45) is 5.73 Å². The smallest absolute Gasteiger partial charge is 0.137 e. The van der Waals surface area contributed by atoms with Crippen molar-refractivity contribution >= 4 is 5.82 Å². The molecular formula is C15H19N3O. The lowest BCUT2D eigenvalue weighted by atomic mass is 10.1.